The Morgan fingerprint density at radius 3 is 3.07 bits per heavy atom. The fourth-order valence-electron chi connectivity index (χ4n) is 1.43. The second-order valence-corrected chi connectivity index (χ2v) is 4.54. The second-order valence-electron chi connectivity index (χ2n) is 3.44. The number of carbonyl (C=O) groups is 1. The van der Waals surface area contributed by atoms with Gasteiger partial charge in [-0.2, -0.15) is 0 Å². The van der Waals surface area contributed by atoms with Crippen LogP contribution in [0.1, 0.15) is 6.42 Å². The summed E-state index contributed by atoms with van der Waals surface area (Å²) < 4.78 is 0. The average molecular weight is 224 g/mol. The van der Waals surface area contributed by atoms with Crippen LogP contribution in [0.25, 0.3) is 0 Å². The molecule has 0 heterocycles. The van der Waals surface area contributed by atoms with Crippen molar-refractivity contribution in [3.05, 3.63) is 12.2 Å². The number of hydrogen-bond acceptors (Lipinski definition) is 3. The van der Waals surface area contributed by atoms with E-state index in [0.29, 0.717) is 12.3 Å². The van der Waals surface area contributed by atoms with Gasteiger partial charge in [0.2, 0.25) is 5.91 Å². The van der Waals surface area contributed by atoms with Gasteiger partial charge < -0.3 is 11.1 Å². The molecule has 3 N–H and O–H groups in total. The summed E-state index contributed by atoms with van der Waals surface area (Å²) in [6.45, 7) is 0.671. The molecular formula is C11H16N2OS. The molecule has 0 spiro atoms. The van der Waals surface area contributed by atoms with E-state index in [-0.39, 0.29) is 17.9 Å². The number of thioether (sulfide) groups is 1. The van der Waals surface area contributed by atoms with Crippen LogP contribution in [0.5, 0.6) is 0 Å². The fourth-order valence-corrected chi connectivity index (χ4v) is 1.94. The summed E-state index contributed by atoms with van der Waals surface area (Å²) >= 11 is 1.64. The third kappa shape index (κ3) is 4.41. The van der Waals surface area contributed by atoms with E-state index < -0.39 is 0 Å². The van der Waals surface area contributed by atoms with E-state index in [4.69, 9.17) is 12.2 Å². The van der Waals surface area contributed by atoms with Crippen LogP contribution in [0.3, 0.4) is 0 Å². The van der Waals surface area contributed by atoms with Gasteiger partial charge >= 0.3 is 0 Å². The number of carbonyl (C=O) groups excluding carboxylic acids is 1. The monoisotopic (exact) mass is 224 g/mol. The molecule has 0 radical (unpaired) electrons. The molecule has 0 saturated carbocycles. The molecule has 0 bridgehead atoms. The first-order valence-electron chi connectivity index (χ1n) is 4.97. The van der Waals surface area contributed by atoms with Gasteiger partial charge in [0.05, 0.1) is 11.7 Å². The molecule has 82 valence electrons. The normalized spacial score (nSPS) is 23.7. The maximum atomic E-state index is 11.6. The Kier molecular flexibility index (Phi) is 5.30. The Hall–Kier alpha value is -0.920. The van der Waals surface area contributed by atoms with Gasteiger partial charge in [-0.05, 0) is 6.42 Å². The lowest BCUT2D eigenvalue weighted by Gasteiger charge is -2.09. The quantitative estimate of drug-likeness (QED) is 0.403. The number of nitrogens with one attached hydrogen (secondary N) is 1. The highest BCUT2D eigenvalue weighted by Crippen LogP contribution is 2.16. The molecule has 2 unspecified atom stereocenters. The van der Waals surface area contributed by atoms with Gasteiger partial charge in [0.1, 0.15) is 0 Å². The molecule has 1 rings (SSSR count). The van der Waals surface area contributed by atoms with Crippen molar-refractivity contribution >= 4 is 17.7 Å². The smallest absolute Gasteiger partial charge is 0.227 e. The molecule has 2 atom stereocenters. The molecule has 15 heavy (non-hydrogen) atoms. The van der Waals surface area contributed by atoms with Gasteiger partial charge in [0.15, 0.2) is 0 Å². The molecular weight excluding hydrogens is 208 g/mol. The van der Waals surface area contributed by atoms with E-state index in [2.05, 4.69) is 11.2 Å². The molecule has 0 fully saturated rings. The highest BCUT2D eigenvalue weighted by Gasteiger charge is 2.21. The predicted molar refractivity (Wildman–Crippen MR) is 64.4 cm³/mol. The molecule has 0 aliphatic heterocycles. The molecule has 0 aromatic rings. The lowest BCUT2D eigenvalue weighted by Crippen LogP contribution is -2.32. The first kappa shape index (κ1) is 12.2. The highest BCUT2D eigenvalue weighted by molar-refractivity contribution is 7.99. The first-order chi connectivity index (χ1) is 7.24. The van der Waals surface area contributed by atoms with Crippen molar-refractivity contribution < 1.29 is 4.79 Å². The lowest BCUT2D eigenvalue weighted by atomic mass is 10.1. The SMILES string of the molecule is C#CCSCCNC(=O)C1C=CC(N)C1. The zero-order valence-electron chi connectivity index (χ0n) is 8.61. The van der Waals surface area contributed by atoms with Crippen molar-refractivity contribution in [1.29, 1.82) is 0 Å². The summed E-state index contributed by atoms with van der Waals surface area (Å²) in [6.07, 6.45) is 9.60. The molecule has 0 saturated heterocycles. The van der Waals surface area contributed by atoms with E-state index >= 15 is 0 Å². The van der Waals surface area contributed by atoms with Gasteiger partial charge in [-0.25, -0.2) is 0 Å². The first-order valence-corrected chi connectivity index (χ1v) is 6.12. The number of rotatable bonds is 5. The Bertz CT molecular complexity index is 283. The van der Waals surface area contributed by atoms with Gasteiger partial charge in [-0.15, -0.1) is 18.2 Å². The van der Waals surface area contributed by atoms with E-state index in [1.54, 1.807) is 11.8 Å². The van der Waals surface area contributed by atoms with Crippen LogP contribution in [-0.2, 0) is 4.79 Å². The second kappa shape index (κ2) is 6.54. The zero-order chi connectivity index (χ0) is 11.1. The average Bonchev–Trinajstić information content (AvgIpc) is 2.64. The van der Waals surface area contributed by atoms with Crippen molar-refractivity contribution in [3.8, 4) is 12.3 Å². The standard InChI is InChI=1S/C11H16N2OS/c1-2-6-15-7-5-13-11(14)9-3-4-10(12)8-9/h1,3-4,9-10H,5-8,12H2,(H,13,14). The van der Waals surface area contributed by atoms with E-state index in [0.717, 1.165) is 12.2 Å². The summed E-state index contributed by atoms with van der Waals surface area (Å²) in [5, 5.41) is 2.87. The summed E-state index contributed by atoms with van der Waals surface area (Å²) in [6, 6.07) is 0.0385. The lowest BCUT2D eigenvalue weighted by molar-refractivity contribution is -0.123. The van der Waals surface area contributed by atoms with Gasteiger partial charge in [-0.1, -0.05) is 18.1 Å². The van der Waals surface area contributed by atoms with Gasteiger partial charge in [0, 0.05) is 18.3 Å². The Labute approximate surface area is 94.9 Å². The number of terminal acetylenes is 1. The van der Waals surface area contributed by atoms with Crippen LogP contribution in [0, 0.1) is 18.3 Å². The Morgan fingerprint density at radius 1 is 1.67 bits per heavy atom. The largest absolute Gasteiger partial charge is 0.355 e. The van der Waals surface area contributed by atoms with Crippen LogP contribution < -0.4 is 11.1 Å². The molecule has 1 aliphatic rings. The summed E-state index contributed by atoms with van der Waals surface area (Å²) in [5.41, 5.74) is 5.66. The summed E-state index contributed by atoms with van der Waals surface area (Å²) in [4.78, 5) is 11.6. The minimum Gasteiger partial charge on any atom is -0.355 e. The van der Waals surface area contributed by atoms with Crippen molar-refractivity contribution in [3.63, 3.8) is 0 Å². The van der Waals surface area contributed by atoms with E-state index in [1.807, 2.05) is 12.2 Å². The topological polar surface area (TPSA) is 55.1 Å². The highest BCUT2D eigenvalue weighted by atomic mass is 32.2. The molecule has 1 amide bonds. The maximum Gasteiger partial charge on any atom is 0.227 e. The molecule has 0 aromatic carbocycles. The number of nitrogens with two attached hydrogens (primary N) is 1. The summed E-state index contributed by atoms with van der Waals surface area (Å²) in [7, 11) is 0. The van der Waals surface area contributed by atoms with E-state index in [1.165, 1.54) is 0 Å². The van der Waals surface area contributed by atoms with Crippen molar-refractivity contribution in [2.45, 2.75) is 12.5 Å². The Balaban J connectivity index is 2.09. The van der Waals surface area contributed by atoms with Crippen molar-refractivity contribution in [2.24, 2.45) is 11.7 Å². The number of amides is 1. The van der Waals surface area contributed by atoms with Crippen LogP contribution in [0.15, 0.2) is 12.2 Å². The predicted octanol–water partition coefficient (Wildman–Crippen LogP) is 0.372. The minimum absolute atomic E-state index is 0.0385. The summed E-state index contributed by atoms with van der Waals surface area (Å²) in [5.74, 6) is 4.12. The third-order valence-corrected chi connectivity index (χ3v) is 3.05. The van der Waals surface area contributed by atoms with Crippen LogP contribution in [0.2, 0.25) is 0 Å². The van der Waals surface area contributed by atoms with Crippen molar-refractivity contribution in [2.75, 3.05) is 18.1 Å². The third-order valence-electron chi connectivity index (χ3n) is 2.18. The van der Waals surface area contributed by atoms with Crippen LogP contribution >= 0.6 is 11.8 Å². The Morgan fingerprint density at radius 2 is 2.47 bits per heavy atom. The minimum atomic E-state index is -0.0439. The number of hydrogen-bond donors (Lipinski definition) is 2. The van der Waals surface area contributed by atoms with Crippen LogP contribution in [-0.4, -0.2) is 30.0 Å². The van der Waals surface area contributed by atoms with Crippen LogP contribution in [0.4, 0.5) is 0 Å². The molecule has 4 heteroatoms. The molecule has 3 nitrogen and oxygen atoms in total. The maximum absolute atomic E-state index is 11.6. The van der Waals surface area contributed by atoms with Crippen molar-refractivity contribution in [1.82, 2.24) is 5.32 Å². The molecule has 0 aromatic heterocycles. The van der Waals surface area contributed by atoms with Gasteiger partial charge in [0.25, 0.3) is 0 Å². The van der Waals surface area contributed by atoms with E-state index in [9.17, 15) is 4.79 Å². The fraction of sp³-hybridized carbons (Fsp3) is 0.545. The van der Waals surface area contributed by atoms with Gasteiger partial charge in [-0.3, -0.25) is 4.79 Å². The molecule has 1 aliphatic carbocycles. The zero-order valence-corrected chi connectivity index (χ0v) is 9.43.